The summed E-state index contributed by atoms with van der Waals surface area (Å²) in [6.07, 6.45) is 5.01. The fraction of sp³-hybridized carbons (Fsp3) is 0.733. The van der Waals surface area contributed by atoms with Gasteiger partial charge in [-0.25, -0.2) is 12.7 Å². The molecule has 126 valence electrons. The van der Waals surface area contributed by atoms with Gasteiger partial charge in [-0.3, -0.25) is 0 Å². The SMILES string of the molecule is CCS[C@@H]1CCCC[C@H]1NCc1ccc(S(=O)(=O)N(C)C)o1. The van der Waals surface area contributed by atoms with Crippen LogP contribution in [0.1, 0.15) is 38.4 Å². The Morgan fingerprint density at radius 1 is 1.32 bits per heavy atom. The molecule has 0 bridgehead atoms. The van der Waals surface area contributed by atoms with Crippen molar-refractivity contribution in [2.45, 2.75) is 55.5 Å². The van der Waals surface area contributed by atoms with E-state index in [2.05, 4.69) is 12.2 Å². The van der Waals surface area contributed by atoms with E-state index in [0.29, 0.717) is 23.6 Å². The van der Waals surface area contributed by atoms with Crippen molar-refractivity contribution in [1.82, 2.24) is 9.62 Å². The molecule has 0 radical (unpaired) electrons. The fourth-order valence-corrected chi connectivity index (χ4v) is 4.79. The van der Waals surface area contributed by atoms with Crippen LogP contribution in [0.5, 0.6) is 0 Å². The van der Waals surface area contributed by atoms with Crippen LogP contribution in [-0.2, 0) is 16.6 Å². The van der Waals surface area contributed by atoms with Gasteiger partial charge in [-0.2, -0.15) is 11.8 Å². The largest absolute Gasteiger partial charge is 0.447 e. The van der Waals surface area contributed by atoms with E-state index >= 15 is 0 Å². The number of rotatable bonds is 7. The van der Waals surface area contributed by atoms with Gasteiger partial charge >= 0.3 is 0 Å². The van der Waals surface area contributed by atoms with Gasteiger partial charge in [-0.15, -0.1) is 0 Å². The molecule has 1 aromatic rings. The van der Waals surface area contributed by atoms with Crippen molar-refractivity contribution < 1.29 is 12.8 Å². The highest BCUT2D eigenvalue weighted by atomic mass is 32.2. The lowest BCUT2D eigenvalue weighted by Gasteiger charge is -2.31. The number of nitrogens with zero attached hydrogens (tertiary/aromatic N) is 1. The number of nitrogens with one attached hydrogen (secondary N) is 1. The molecule has 1 N–H and O–H groups in total. The van der Waals surface area contributed by atoms with Crippen LogP contribution in [0, 0.1) is 0 Å². The number of furan rings is 1. The van der Waals surface area contributed by atoms with Crippen LogP contribution in [0.25, 0.3) is 0 Å². The predicted molar refractivity (Wildman–Crippen MR) is 90.6 cm³/mol. The molecule has 1 heterocycles. The van der Waals surface area contributed by atoms with Crippen LogP contribution in [0.15, 0.2) is 21.6 Å². The van der Waals surface area contributed by atoms with E-state index in [-0.39, 0.29) is 5.09 Å². The Labute approximate surface area is 137 Å². The van der Waals surface area contributed by atoms with Crippen molar-refractivity contribution in [3.63, 3.8) is 0 Å². The molecule has 2 rings (SSSR count). The molecular formula is C15H26N2O3S2. The molecule has 0 spiro atoms. The van der Waals surface area contributed by atoms with Crippen LogP contribution in [-0.4, -0.2) is 43.9 Å². The smallest absolute Gasteiger partial charge is 0.275 e. The second kappa shape index (κ2) is 7.86. The Morgan fingerprint density at radius 2 is 2.05 bits per heavy atom. The van der Waals surface area contributed by atoms with Gasteiger partial charge in [0, 0.05) is 25.4 Å². The monoisotopic (exact) mass is 346 g/mol. The van der Waals surface area contributed by atoms with E-state index in [0.717, 1.165) is 10.1 Å². The third-order valence-corrected chi connectivity index (χ3v) is 7.01. The van der Waals surface area contributed by atoms with Gasteiger partial charge in [0.05, 0.1) is 6.54 Å². The van der Waals surface area contributed by atoms with Crippen LogP contribution in [0.3, 0.4) is 0 Å². The second-order valence-corrected chi connectivity index (χ2v) is 9.37. The lowest BCUT2D eigenvalue weighted by Crippen LogP contribution is -2.40. The summed E-state index contributed by atoms with van der Waals surface area (Å²) in [4.78, 5) is 0. The number of sulfonamides is 1. The molecule has 0 amide bonds. The first-order valence-corrected chi connectivity index (χ1v) is 10.3. The Kier molecular flexibility index (Phi) is 6.37. The minimum Gasteiger partial charge on any atom is -0.447 e. The van der Waals surface area contributed by atoms with Crippen molar-refractivity contribution in [3.8, 4) is 0 Å². The molecule has 0 saturated heterocycles. The second-order valence-electron chi connectivity index (χ2n) is 5.77. The summed E-state index contributed by atoms with van der Waals surface area (Å²) in [5.74, 6) is 1.81. The third kappa shape index (κ3) is 4.28. The highest BCUT2D eigenvalue weighted by Crippen LogP contribution is 2.29. The van der Waals surface area contributed by atoms with Crippen LogP contribution in [0.4, 0.5) is 0 Å². The number of hydrogen-bond acceptors (Lipinski definition) is 5. The summed E-state index contributed by atoms with van der Waals surface area (Å²) in [5, 5.41) is 4.21. The van der Waals surface area contributed by atoms with Gasteiger partial charge in [0.15, 0.2) is 0 Å². The molecule has 1 aromatic heterocycles. The molecule has 1 saturated carbocycles. The zero-order chi connectivity index (χ0) is 16.2. The topological polar surface area (TPSA) is 62.6 Å². The van der Waals surface area contributed by atoms with E-state index in [1.807, 2.05) is 11.8 Å². The maximum Gasteiger partial charge on any atom is 0.275 e. The summed E-state index contributed by atoms with van der Waals surface area (Å²) < 4.78 is 30.7. The lowest BCUT2D eigenvalue weighted by atomic mass is 9.95. The summed E-state index contributed by atoms with van der Waals surface area (Å²) in [5.41, 5.74) is 0. The average molecular weight is 347 g/mol. The number of thioether (sulfide) groups is 1. The molecule has 1 fully saturated rings. The lowest BCUT2D eigenvalue weighted by molar-refractivity contribution is 0.346. The molecule has 0 aromatic carbocycles. The Bertz CT molecular complexity index is 567. The van der Waals surface area contributed by atoms with Crippen molar-refractivity contribution in [2.24, 2.45) is 0 Å². The highest BCUT2D eigenvalue weighted by molar-refractivity contribution is 7.99. The first-order valence-electron chi connectivity index (χ1n) is 7.81. The normalized spacial score (nSPS) is 23.1. The summed E-state index contributed by atoms with van der Waals surface area (Å²) in [6, 6.07) is 3.76. The van der Waals surface area contributed by atoms with E-state index in [4.69, 9.17) is 4.42 Å². The van der Waals surface area contributed by atoms with Gasteiger partial charge in [-0.1, -0.05) is 19.8 Å². The standard InChI is InChI=1S/C15H26N2O3S2/c1-4-21-14-8-6-5-7-13(14)16-11-12-9-10-15(20-12)22(18,19)17(2)3/h9-10,13-14,16H,4-8,11H2,1-3H3/t13-,14-/m1/s1. The minimum absolute atomic E-state index is 0.0115. The van der Waals surface area contributed by atoms with E-state index in [9.17, 15) is 8.42 Å². The van der Waals surface area contributed by atoms with Crippen LogP contribution >= 0.6 is 11.8 Å². The molecule has 5 nitrogen and oxygen atoms in total. The van der Waals surface area contributed by atoms with Gasteiger partial charge in [0.1, 0.15) is 5.76 Å². The quantitative estimate of drug-likeness (QED) is 0.822. The summed E-state index contributed by atoms with van der Waals surface area (Å²) in [6.45, 7) is 2.77. The van der Waals surface area contributed by atoms with Crippen molar-refractivity contribution in [1.29, 1.82) is 0 Å². The zero-order valence-corrected chi connectivity index (χ0v) is 15.2. The molecule has 2 atom stereocenters. The van der Waals surface area contributed by atoms with E-state index < -0.39 is 10.0 Å². The number of hydrogen-bond donors (Lipinski definition) is 1. The summed E-state index contributed by atoms with van der Waals surface area (Å²) in [7, 11) is -0.475. The van der Waals surface area contributed by atoms with Crippen molar-refractivity contribution >= 4 is 21.8 Å². The first kappa shape index (κ1) is 17.8. The van der Waals surface area contributed by atoms with Gasteiger partial charge in [0.25, 0.3) is 10.0 Å². The van der Waals surface area contributed by atoms with Crippen molar-refractivity contribution in [3.05, 3.63) is 17.9 Å². The van der Waals surface area contributed by atoms with Gasteiger partial charge < -0.3 is 9.73 Å². The Hall–Kier alpha value is -0.500. The summed E-state index contributed by atoms with van der Waals surface area (Å²) >= 11 is 2.01. The molecule has 1 aliphatic rings. The molecular weight excluding hydrogens is 320 g/mol. The third-order valence-electron chi connectivity index (χ3n) is 3.99. The zero-order valence-electron chi connectivity index (χ0n) is 13.5. The maximum absolute atomic E-state index is 12.0. The van der Waals surface area contributed by atoms with Gasteiger partial charge in [-0.05, 0) is 30.7 Å². The molecule has 0 unspecified atom stereocenters. The van der Waals surface area contributed by atoms with Gasteiger partial charge in [0.2, 0.25) is 5.09 Å². The van der Waals surface area contributed by atoms with E-state index in [1.54, 1.807) is 6.07 Å². The molecule has 7 heteroatoms. The Morgan fingerprint density at radius 3 is 2.73 bits per heavy atom. The van der Waals surface area contributed by atoms with Crippen molar-refractivity contribution in [2.75, 3.05) is 19.8 Å². The first-order chi connectivity index (χ1) is 10.4. The van der Waals surface area contributed by atoms with E-state index in [1.165, 1.54) is 45.8 Å². The van der Waals surface area contributed by atoms with Crippen LogP contribution in [0.2, 0.25) is 0 Å². The predicted octanol–water partition coefficient (Wildman–Crippen LogP) is 2.68. The molecule has 0 aliphatic heterocycles. The highest BCUT2D eigenvalue weighted by Gasteiger charge is 2.25. The molecule has 22 heavy (non-hydrogen) atoms. The Balaban J connectivity index is 1.96. The fourth-order valence-electron chi connectivity index (χ4n) is 2.75. The minimum atomic E-state index is -3.48. The van der Waals surface area contributed by atoms with Crippen LogP contribution < -0.4 is 5.32 Å². The molecule has 1 aliphatic carbocycles. The average Bonchev–Trinajstić information content (AvgIpc) is 2.96. The maximum atomic E-state index is 12.0.